The van der Waals surface area contributed by atoms with Crippen LogP contribution in [0.2, 0.25) is 0 Å². The molecule has 0 aromatic carbocycles. The van der Waals surface area contributed by atoms with Crippen LogP contribution in [0.3, 0.4) is 0 Å². The van der Waals surface area contributed by atoms with E-state index in [-0.39, 0.29) is 11.8 Å². The highest BCUT2D eigenvalue weighted by atomic mass is 16.4. The van der Waals surface area contributed by atoms with E-state index >= 15 is 0 Å². The Morgan fingerprint density at radius 3 is 2.44 bits per heavy atom. The number of amides is 1. The number of β-amino-alcohol motifs (C(OH)–C–C–N with tert-alkyl or cyclic N) is 1. The van der Waals surface area contributed by atoms with Crippen LogP contribution in [-0.4, -0.2) is 46.8 Å². The zero-order valence-corrected chi connectivity index (χ0v) is 9.43. The molecule has 3 atom stereocenters. The molecule has 1 fully saturated rings. The van der Waals surface area contributed by atoms with E-state index in [0.717, 1.165) is 0 Å². The van der Waals surface area contributed by atoms with Crippen LogP contribution in [0, 0.1) is 5.92 Å². The number of carbonyl (C=O) groups excluding carboxylic acids is 1. The molecule has 4 N–H and O–H groups in total. The fourth-order valence-electron chi connectivity index (χ4n) is 1.68. The van der Waals surface area contributed by atoms with Crippen molar-refractivity contribution in [2.45, 2.75) is 38.5 Å². The van der Waals surface area contributed by atoms with Gasteiger partial charge in [0.2, 0.25) is 5.91 Å². The third-order valence-corrected chi connectivity index (χ3v) is 2.65. The van der Waals surface area contributed by atoms with E-state index in [2.05, 4.69) is 10.6 Å². The molecule has 92 valence electrons. The second-order valence-corrected chi connectivity index (χ2v) is 4.42. The van der Waals surface area contributed by atoms with Gasteiger partial charge in [-0.2, -0.15) is 0 Å². The number of hydrogen-bond donors (Lipinski definition) is 4. The lowest BCUT2D eigenvalue weighted by Crippen LogP contribution is -2.50. The van der Waals surface area contributed by atoms with Crippen molar-refractivity contribution in [1.29, 1.82) is 0 Å². The number of hydrogen-bond acceptors (Lipinski definition) is 4. The first-order valence-corrected chi connectivity index (χ1v) is 5.36. The monoisotopic (exact) mass is 230 g/mol. The Bertz CT molecular complexity index is 280. The van der Waals surface area contributed by atoms with Gasteiger partial charge in [0.05, 0.1) is 12.1 Å². The average molecular weight is 230 g/mol. The van der Waals surface area contributed by atoms with Gasteiger partial charge in [-0.15, -0.1) is 0 Å². The highest BCUT2D eigenvalue weighted by Gasteiger charge is 2.31. The maximum Gasteiger partial charge on any atom is 0.326 e. The largest absolute Gasteiger partial charge is 0.480 e. The number of aliphatic hydroxyl groups excluding tert-OH is 1. The van der Waals surface area contributed by atoms with Crippen molar-refractivity contribution < 1.29 is 19.8 Å². The molecule has 1 aliphatic heterocycles. The minimum atomic E-state index is -1.04. The number of nitrogens with one attached hydrogen (secondary N) is 2. The molecule has 0 aliphatic carbocycles. The summed E-state index contributed by atoms with van der Waals surface area (Å²) in [5.74, 6) is -1.58. The molecule has 0 unspecified atom stereocenters. The van der Waals surface area contributed by atoms with Crippen molar-refractivity contribution in [3.8, 4) is 0 Å². The Labute approximate surface area is 94.0 Å². The van der Waals surface area contributed by atoms with E-state index in [1.165, 1.54) is 0 Å². The second kappa shape index (κ2) is 5.27. The Kier molecular flexibility index (Phi) is 4.26. The summed E-state index contributed by atoms with van der Waals surface area (Å²) in [4.78, 5) is 22.5. The molecule has 1 rings (SSSR count). The highest BCUT2D eigenvalue weighted by Crippen LogP contribution is 2.08. The minimum Gasteiger partial charge on any atom is -0.480 e. The lowest BCUT2D eigenvalue weighted by atomic mass is 10.0. The summed E-state index contributed by atoms with van der Waals surface area (Å²) in [7, 11) is 0. The van der Waals surface area contributed by atoms with E-state index in [1.54, 1.807) is 13.8 Å². The first kappa shape index (κ1) is 12.9. The zero-order chi connectivity index (χ0) is 12.3. The van der Waals surface area contributed by atoms with Crippen molar-refractivity contribution in [2.75, 3.05) is 6.54 Å². The third kappa shape index (κ3) is 3.18. The molecule has 1 aliphatic rings. The minimum absolute atomic E-state index is 0.173. The predicted molar refractivity (Wildman–Crippen MR) is 56.8 cm³/mol. The molecular formula is C10H18N2O4. The van der Waals surface area contributed by atoms with Gasteiger partial charge >= 0.3 is 5.97 Å². The summed E-state index contributed by atoms with van der Waals surface area (Å²) < 4.78 is 0. The van der Waals surface area contributed by atoms with E-state index in [9.17, 15) is 14.7 Å². The Morgan fingerprint density at radius 2 is 2.06 bits per heavy atom. The van der Waals surface area contributed by atoms with E-state index < -0.39 is 24.2 Å². The number of carboxylic acid groups (broad SMARTS) is 1. The topological polar surface area (TPSA) is 98.7 Å². The van der Waals surface area contributed by atoms with Crippen molar-refractivity contribution in [1.82, 2.24) is 10.6 Å². The van der Waals surface area contributed by atoms with Crippen LogP contribution >= 0.6 is 0 Å². The molecule has 0 saturated carbocycles. The molecule has 6 nitrogen and oxygen atoms in total. The van der Waals surface area contributed by atoms with E-state index in [0.29, 0.717) is 13.0 Å². The summed E-state index contributed by atoms with van der Waals surface area (Å²) in [6.07, 6.45) is -0.200. The maximum atomic E-state index is 11.7. The van der Waals surface area contributed by atoms with E-state index in [4.69, 9.17) is 5.11 Å². The quantitative estimate of drug-likeness (QED) is 0.493. The SMILES string of the molecule is CC(C)[C@H](NC(=O)[C@@H]1C[C@@H](O)CN1)C(=O)O. The van der Waals surface area contributed by atoms with Gasteiger partial charge in [0.25, 0.3) is 0 Å². The van der Waals surface area contributed by atoms with Gasteiger partial charge in [-0.1, -0.05) is 13.8 Å². The van der Waals surface area contributed by atoms with Crippen molar-refractivity contribution in [3.05, 3.63) is 0 Å². The molecule has 16 heavy (non-hydrogen) atoms. The van der Waals surface area contributed by atoms with Crippen LogP contribution in [0.25, 0.3) is 0 Å². The molecule has 0 spiro atoms. The first-order chi connectivity index (χ1) is 7.41. The number of carboxylic acids is 1. The molecule has 0 aromatic rings. The zero-order valence-electron chi connectivity index (χ0n) is 9.43. The van der Waals surface area contributed by atoms with Crippen LogP contribution in [0.4, 0.5) is 0 Å². The predicted octanol–water partition coefficient (Wildman–Crippen LogP) is -1.07. The number of rotatable bonds is 4. The summed E-state index contributed by atoms with van der Waals surface area (Å²) in [6, 6.07) is -1.37. The highest BCUT2D eigenvalue weighted by molar-refractivity contribution is 5.87. The average Bonchev–Trinajstić information content (AvgIpc) is 2.59. The van der Waals surface area contributed by atoms with Crippen LogP contribution in [0.15, 0.2) is 0 Å². The summed E-state index contributed by atoms with van der Waals surface area (Å²) in [5, 5.41) is 23.4. The summed E-state index contributed by atoms with van der Waals surface area (Å²) in [5.41, 5.74) is 0. The lowest BCUT2D eigenvalue weighted by molar-refractivity contribution is -0.143. The Morgan fingerprint density at radius 1 is 1.44 bits per heavy atom. The van der Waals surface area contributed by atoms with Gasteiger partial charge in [0.1, 0.15) is 6.04 Å². The molecule has 1 heterocycles. The first-order valence-electron chi connectivity index (χ1n) is 5.36. The van der Waals surface area contributed by atoms with Crippen molar-refractivity contribution in [2.24, 2.45) is 5.92 Å². The normalized spacial score (nSPS) is 26.8. The van der Waals surface area contributed by atoms with Gasteiger partial charge in [-0.3, -0.25) is 4.79 Å². The van der Waals surface area contributed by atoms with Gasteiger partial charge in [-0.25, -0.2) is 4.79 Å². The van der Waals surface area contributed by atoms with Gasteiger partial charge in [0.15, 0.2) is 0 Å². The molecule has 1 saturated heterocycles. The molecule has 0 bridgehead atoms. The van der Waals surface area contributed by atoms with Crippen LogP contribution in [-0.2, 0) is 9.59 Å². The molecule has 1 amide bonds. The fourth-order valence-corrected chi connectivity index (χ4v) is 1.68. The fraction of sp³-hybridized carbons (Fsp3) is 0.800. The van der Waals surface area contributed by atoms with Crippen LogP contribution < -0.4 is 10.6 Å². The van der Waals surface area contributed by atoms with Gasteiger partial charge in [0, 0.05) is 6.54 Å². The summed E-state index contributed by atoms with van der Waals surface area (Å²) >= 11 is 0. The number of aliphatic hydroxyl groups is 1. The lowest BCUT2D eigenvalue weighted by Gasteiger charge is -2.20. The Hall–Kier alpha value is -1.14. The van der Waals surface area contributed by atoms with Gasteiger partial charge < -0.3 is 20.8 Å². The maximum absolute atomic E-state index is 11.7. The summed E-state index contributed by atoms with van der Waals surface area (Å²) in [6.45, 7) is 3.84. The Balaban J connectivity index is 2.52. The van der Waals surface area contributed by atoms with Crippen LogP contribution in [0.1, 0.15) is 20.3 Å². The van der Waals surface area contributed by atoms with Gasteiger partial charge in [-0.05, 0) is 12.3 Å². The van der Waals surface area contributed by atoms with Crippen molar-refractivity contribution in [3.63, 3.8) is 0 Å². The third-order valence-electron chi connectivity index (χ3n) is 2.65. The number of aliphatic carboxylic acids is 1. The molecule has 0 radical (unpaired) electrons. The smallest absolute Gasteiger partial charge is 0.326 e. The molecule has 6 heteroatoms. The standard InChI is InChI=1S/C10H18N2O4/c1-5(2)8(10(15)16)12-9(14)7-3-6(13)4-11-7/h5-8,11,13H,3-4H2,1-2H3,(H,12,14)(H,15,16)/t6-,7+,8+/m1/s1. The van der Waals surface area contributed by atoms with Crippen molar-refractivity contribution >= 4 is 11.9 Å². The van der Waals surface area contributed by atoms with Crippen LogP contribution in [0.5, 0.6) is 0 Å². The van der Waals surface area contributed by atoms with E-state index in [1.807, 2.05) is 0 Å². The molecular weight excluding hydrogens is 212 g/mol. The second-order valence-electron chi connectivity index (χ2n) is 4.42. The molecule has 0 aromatic heterocycles. The number of carbonyl (C=O) groups is 2.